The van der Waals surface area contributed by atoms with E-state index in [4.69, 9.17) is 0 Å². The molecular formula is C15H28O. The lowest BCUT2D eigenvalue weighted by atomic mass is 9.80. The normalized spacial score (nSPS) is 21.6. The van der Waals surface area contributed by atoms with Crippen LogP contribution in [0.5, 0.6) is 0 Å². The van der Waals surface area contributed by atoms with E-state index in [1.54, 1.807) is 11.1 Å². The van der Waals surface area contributed by atoms with Gasteiger partial charge in [0.15, 0.2) is 0 Å². The minimum atomic E-state index is 0.386. The van der Waals surface area contributed by atoms with Crippen LogP contribution in [0.3, 0.4) is 0 Å². The van der Waals surface area contributed by atoms with E-state index in [9.17, 15) is 5.11 Å². The Hall–Kier alpha value is -0.300. The quantitative estimate of drug-likeness (QED) is 0.633. The Labute approximate surface area is 101 Å². The summed E-state index contributed by atoms with van der Waals surface area (Å²) in [5.74, 6) is 0.553. The van der Waals surface area contributed by atoms with Crippen molar-refractivity contribution in [1.82, 2.24) is 0 Å². The van der Waals surface area contributed by atoms with Crippen LogP contribution < -0.4 is 0 Å². The zero-order chi connectivity index (χ0) is 11.8. The zero-order valence-electron chi connectivity index (χ0n) is 11.1. The van der Waals surface area contributed by atoms with E-state index >= 15 is 0 Å². The molecule has 94 valence electrons. The molecule has 1 heteroatoms. The molecule has 16 heavy (non-hydrogen) atoms. The van der Waals surface area contributed by atoms with Gasteiger partial charge in [0, 0.05) is 6.61 Å². The molecule has 0 aliphatic heterocycles. The van der Waals surface area contributed by atoms with Crippen molar-refractivity contribution in [1.29, 1.82) is 0 Å². The predicted octanol–water partition coefficient (Wildman–Crippen LogP) is 4.46. The number of hydrogen-bond donors (Lipinski definition) is 1. The molecule has 0 aromatic carbocycles. The molecule has 1 aliphatic rings. The second-order valence-corrected chi connectivity index (χ2v) is 5.21. The maximum Gasteiger partial charge on any atom is 0.0462 e. The van der Waals surface area contributed by atoms with E-state index in [1.165, 1.54) is 57.8 Å². The summed E-state index contributed by atoms with van der Waals surface area (Å²) in [6.45, 7) is 4.92. The first-order chi connectivity index (χ1) is 7.81. The predicted molar refractivity (Wildman–Crippen MR) is 70.5 cm³/mol. The number of allylic oxidation sites excluding steroid dienone is 2. The second kappa shape index (κ2) is 7.89. The van der Waals surface area contributed by atoms with Crippen molar-refractivity contribution in [2.24, 2.45) is 5.92 Å². The van der Waals surface area contributed by atoms with Gasteiger partial charge in [-0.05, 0) is 50.9 Å². The van der Waals surface area contributed by atoms with Gasteiger partial charge in [0.2, 0.25) is 0 Å². The highest BCUT2D eigenvalue weighted by molar-refractivity contribution is 5.18. The summed E-state index contributed by atoms with van der Waals surface area (Å²) in [6.07, 6.45) is 11.5. The average molecular weight is 224 g/mol. The monoisotopic (exact) mass is 224 g/mol. The zero-order valence-corrected chi connectivity index (χ0v) is 11.1. The average Bonchev–Trinajstić information content (AvgIpc) is 2.34. The fourth-order valence-electron chi connectivity index (χ4n) is 2.67. The van der Waals surface area contributed by atoms with E-state index in [-0.39, 0.29) is 0 Å². The van der Waals surface area contributed by atoms with Crippen molar-refractivity contribution in [3.8, 4) is 0 Å². The second-order valence-electron chi connectivity index (χ2n) is 5.21. The van der Waals surface area contributed by atoms with Gasteiger partial charge in [0.05, 0.1) is 0 Å². The minimum absolute atomic E-state index is 0.386. The lowest BCUT2D eigenvalue weighted by molar-refractivity contribution is 0.211. The highest BCUT2D eigenvalue weighted by Crippen LogP contribution is 2.34. The summed E-state index contributed by atoms with van der Waals surface area (Å²) in [5, 5.41) is 9.27. The maximum absolute atomic E-state index is 9.27. The van der Waals surface area contributed by atoms with Gasteiger partial charge in [-0.25, -0.2) is 0 Å². The number of aliphatic hydroxyl groups is 1. The smallest absolute Gasteiger partial charge is 0.0462 e. The molecule has 1 N–H and O–H groups in total. The Balaban J connectivity index is 2.57. The van der Waals surface area contributed by atoms with Crippen LogP contribution in [-0.4, -0.2) is 11.7 Å². The first-order valence-electron chi connectivity index (χ1n) is 7.12. The Morgan fingerprint density at radius 2 is 1.69 bits per heavy atom. The van der Waals surface area contributed by atoms with Crippen LogP contribution in [0.25, 0.3) is 0 Å². The van der Waals surface area contributed by atoms with Gasteiger partial charge in [-0.2, -0.15) is 0 Å². The van der Waals surface area contributed by atoms with Crippen molar-refractivity contribution in [2.75, 3.05) is 6.61 Å². The van der Waals surface area contributed by atoms with Gasteiger partial charge < -0.3 is 5.11 Å². The van der Waals surface area contributed by atoms with Gasteiger partial charge in [-0.15, -0.1) is 0 Å². The number of aliphatic hydroxyl groups excluding tert-OH is 1. The molecule has 0 radical (unpaired) electrons. The van der Waals surface area contributed by atoms with Crippen molar-refractivity contribution in [3.63, 3.8) is 0 Å². The molecule has 0 saturated heterocycles. The van der Waals surface area contributed by atoms with Crippen molar-refractivity contribution < 1.29 is 5.11 Å². The molecule has 0 fully saturated rings. The van der Waals surface area contributed by atoms with Crippen molar-refractivity contribution in [2.45, 2.75) is 71.6 Å². The van der Waals surface area contributed by atoms with Crippen LogP contribution >= 0.6 is 0 Å². The fourth-order valence-corrected chi connectivity index (χ4v) is 2.67. The molecule has 1 aliphatic carbocycles. The summed E-state index contributed by atoms with van der Waals surface area (Å²) >= 11 is 0. The third-order valence-electron chi connectivity index (χ3n) is 3.81. The first-order valence-corrected chi connectivity index (χ1v) is 7.12. The third-order valence-corrected chi connectivity index (χ3v) is 3.81. The van der Waals surface area contributed by atoms with E-state index in [2.05, 4.69) is 13.8 Å². The van der Waals surface area contributed by atoms with Crippen LogP contribution in [0.2, 0.25) is 0 Å². The summed E-state index contributed by atoms with van der Waals surface area (Å²) in [5.41, 5.74) is 3.43. The van der Waals surface area contributed by atoms with E-state index in [0.717, 1.165) is 0 Å². The minimum Gasteiger partial charge on any atom is -0.396 e. The Bertz CT molecular complexity index is 217. The SMILES string of the molecule is CCCCC1=C(CCCC)CC(CO)CC1. The maximum atomic E-state index is 9.27. The molecule has 0 saturated carbocycles. The Morgan fingerprint density at radius 1 is 1.06 bits per heavy atom. The molecule has 1 atom stereocenters. The number of unbranched alkanes of at least 4 members (excludes halogenated alkanes) is 2. The van der Waals surface area contributed by atoms with Crippen LogP contribution in [0.4, 0.5) is 0 Å². The van der Waals surface area contributed by atoms with Gasteiger partial charge >= 0.3 is 0 Å². The van der Waals surface area contributed by atoms with E-state index in [1.807, 2.05) is 0 Å². The molecule has 1 rings (SSSR count). The van der Waals surface area contributed by atoms with Gasteiger partial charge in [0.25, 0.3) is 0 Å². The van der Waals surface area contributed by atoms with Crippen LogP contribution in [0, 0.1) is 5.92 Å². The van der Waals surface area contributed by atoms with E-state index in [0.29, 0.717) is 12.5 Å². The van der Waals surface area contributed by atoms with Crippen LogP contribution in [0.1, 0.15) is 71.6 Å². The lowest BCUT2D eigenvalue weighted by Crippen LogP contribution is -2.14. The van der Waals surface area contributed by atoms with Gasteiger partial charge in [0.1, 0.15) is 0 Å². The summed E-state index contributed by atoms with van der Waals surface area (Å²) in [4.78, 5) is 0. The molecule has 0 heterocycles. The molecule has 0 spiro atoms. The highest BCUT2D eigenvalue weighted by atomic mass is 16.3. The number of rotatable bonds is 7. The lowest BCUT2D eigenvalue weighted by Gasteiger charge is -2.26. The van der Waals surface area contributed by atoms with Crippen molar-refractivity contribution in [3.05, 3.63) is 11.1 Å². The van der Waals surface area contributed by atoms with Crippen molar-refractivity contribution >= 4 is 0 Å². The fraction of sp³-hybridized carbons (Fsp3) is 0.867. The summed E-state index contributed by atoms with van der Waals surface area (Å²) < 4.78 is 0. The van der Waals surface area contributed by atoms with E-state index < -0.39 is 0 Å². The van der Waals surface area contributed by atoms with Gasteiger partial charge in [-0.3, -0.25) is 0 Å². The Kier molecular flexibility index (Phi) is 6.79. The van der Waals surface area contributed by atoms with Crippen LogP contribution in [-0.2, 0) is 0 Å². The Morgan fingerprint density at radius 3 is 2.25 bits per heavy atom. The molecule has 0 amide bonds. The largest absolute Gasteiger partial charge is 0.396 e. The molecule has 1 nitrogen and oxygen atoms in total. The van der Waals surface area contributed by atoms with Gasteiger partial charge in [-0.1, -0.05) is 37.8 Å². The summed E-state index contributed by atoms with van der Waals surface area (Å²) in [6, 6.07) is 0. The first kappa shape index (κ1) is 13.8. The molecule has 0 aromatic rings. The number of hydrogen-bond acceptors (Lipinski definition) is 1. The molecule has 0 bridgehead atoms. The highest BCUT2D eigenvalue weighted by Gasteiger charge is 2.19. The standard InChI is InChI=1S/C15H28O/c1-3-5-7-14-10-9-13(12-16)11-15(14)8-6-4-2/h13,16H,3-12H2,1-2H3. The molecular weight excluding hydrogens is 196 g/mol. The summed E-state index contributed by atoms with van der Waals surface area (Å²) in [7, 11) is 0. The van der Waals surface area contributed by atoms with Crippen LogP contribution in [0.15, 0.2) is 11.1 Å². The molecule has 0 aromatic heterocycles. The topological polar surface area (TPSA) is 20.2 Å². The third kappa shape index (κ3) is 4.29. The molecule has 1 unspecified atom stereocenters.